The molecular formula is C15H17BrN4O. The van der Waals surface area contributed by atoms with Crippen molar-refractivity contribution in [2.24, 2.45) is 0 Å². The number of aromatic nitrogens is 2. The largest absolute Gasteiger partial charge is 0.368 e. The molecule has 1 atom stereocenters. The Kier molecular flexibility index (Phi) is 4.24. The van der Waals surface area contributed by atoms with Crippen LogP contribution >= 0.6 is 15.9 Å². The third kappa shape index (κ3) is 3.44. The molecule has 5 nitrogen and oxygen atoms in total. The lowest BCUT2D eigenvalue weighted by molar-refractivity contribution is -0.122. The number of halogens is 1. The highest BCUT2D eigenvalue weighted by molar-refractivity contribution is 9.10. The van der Waals surface area contributed by atoms with Crippen LogP contribution in [0.4, 0.5) is 5.69 Å². The van der Waals surface area contributed by atoms with Crippen molar-refractivity contribution in [2.75, 3.05) is 18.0 Å². The average molecular weight is 349 g/mol. The molecule has 3 rings (SSSR count). The molecule has 0 saturated carbocycles. The number of amides is 1. The van der Waals surface area contributed by atoms with Gasteiger partial charge in [0.2, 0.25) is 5.91 Å². The van der Waals surface area contributed by atoms with Crippen LogP contribution in [0.5, 0.6) is 0 Å². The second kappa shape index (κ2) is 6.30. The van der Waals surface area contributed by atoms with Crippen molar-refractivity contribution >= 4 is 27.5 Å². The van der Waals surface area contributed by atoms with E-state index in [1.807, 2.05) is 18.2 Å². The lowest BCUT2D eigenvalue weighted by Crippen LogP contribution is -2.38. The molecule has 0 bridgehead atoms. The van der Waals surface area contributed by atoms with Crippen LogP contribution in [0.25, 0.3) is 0 Å². The molecule has 1 fully saturated rings. The Labute approximate surface area is 132 Å². The van der Waals surface area contributed by atoms with Crippen LogP contribution < -0.4 is 10.2 Å². The first kappa shape index (κ1) is 14.1. The number of benzene rings is 1. The lowest BCUT2D eigenvalue weighted by atomic mass is 10.2. The van der Waals surface area contributed by atoms with Crippen LogP contribution in [0.1, 0.15) is 6.42 Å². The first-order valence-corrected chi connectivity index (χ1v) is 7.76. The van der Waals surface area contributed by atoms with Gasteiger partial charge in [0.1, 0.15) is 6.54 Å². The summed E-state index contributed by atoms with van der Waals surface area (Å²) in [5.74, 6) is 0.0342. The van der Waals surface area contributed by atoms with Crippen molar-refractivity contribution in [3.63, 3.8) is 0 Å². The first-order chi connectivity index (χ1) is 10.2. The molecule has 0 radical (unpaired) electrons. The van der Waals surface area contributed by atoms with Crippen molar-refractivity contribution in [1.29, 1.82) is 0 Å². The lowest BCUT2D eigenvalue weighted by Gasteiger charge is -2.20. The molecule has 0 spiro atoms. The predicted octanol–water partition coefficient (Wildman–Crippen LogP) is 2.04. The summed E-state index contributed by atoms with van der Waals surface area (Å²) in [6.45, 7) is 2.13. The molecule has 1 aliphatic rings. The molecule has 1 amide bonds. The Morgan fingerprint density at radius 2 is 2.29 bits per heavy atom. The molecule has 1 N–H and O–H groups in total. The van der Waals surface area contributed by atoms with Crippen LogP contribution in [0.2, 0.25) is 0 Å². The number of anilines is 1. The van der Waals surface area contributed by atoms with Gasteiger partial charge in [-0.2, -0.15) is 0 Å². The summed E-state index contributed by atoms with van der Waals surface area (Å²) in [6.07, 6.45) is 6.09. The van der Waals surface area contributed by atoms with Gasteiger partial charge in [0.05, 0.1) is 12.0 Å². The number of imidazole rings is 1. The fourth-order valence-corrected chi connectivity index (χ4v) is 3.16. The van der Waals surface area contributed by atoms with Crippen LogP contribution in [0.3, 0.4) is 0 Å². The van der Waals surface area contributed by atoms with E-state index in [0.29, 0.717) is 6.54 Å². The fraction of sp³-hybridized carbons (Fsp3) is 0.333. The minimum atomic E-state index is 0.0342. The molecule has 0 unspecified atom stereocenters. The monoisotopic (exact) mass is 348 g/mol. The van der Waals surface area contributed by atoms with E-state index in [4.69, 9.17) is 0 Å². The molecule has 0 aliphatic carbocycles. The smallest absolute Gasteiger partial charge is 0.240 e. The summed E-state index contributed by atoms with van der Waals surface area (Å²) in [7, 11) is 0. The Balaban J connectivity index is 1.55. The van der Waals surface area contributed by atoms with Gasteiger partial charge < -0.3 is 14.8 Å². The topological polar surface area (TPSA) is 50.2 Å². The minimum absolute atomic E-state index is 0.0342. The Morgan fingerprint density at radius 3 is 3.05 bits per heavy atom. The molecule has 110 valence electrons. The van der Waals surface area contributed by atoms with Gasteiger partial charge in [0.15, 0.2) is 0 Å². The van der Waals surface area contributed by atoms with Gasteiger partial charge in [-0.15, -0.1) is 0 Å². The second-order valence-corrected chi connectivity index (χ2v) is 6.04. The van der Waals surface area contributed by atoms with Gasteiger partial charge in [-0.3, -0.25) is 4.79 Å². The fourth-order valence-electron chi connectivity index (χ4n) is 2.62. The second-order valence-electron chi connectivity index (χ2n) is 5.19. The third-order valence-electron chi connectivity index (χ3n) is 3.63. The van der Waals surface area contributed by atoms with E-state index in [0.717, 1.165) is 24.0 Å². The first-order valence-electron chi connectivity index (χ1n) is 6.97. The van der Waals surface area contributed by atoms with Gasteiger partial charge in [0, 0.05) is 36.0 Å². The molecule has 6 heteroatoms. The van der Waals surface area contributed by atoms with Gasteiger partial charge in [0.25, 0.3) is 0 Å². The Hall–Kier alpha value is -1.82. The summed E-state index contributed by atoms with van der Waals surface area (Å²) in [5.41, 5.74) is 1.18. The maximum Gasteiger partial charge on any atom is 0.240 e. The summed E-state index contributed by atoms with van der Waals surface area (Å²) in [6, 6.07) is 8.38. The van der Waals surface area contributed by atoms with Crippen LogP contribution in [0, 0.1) is 0 Å². The van der Waals surface area contributed by atoms with Crippen LogP contribution in [0.15, 0.2) is 47.5 Å². The van der Waals surface area contributed by atoms with E-state index in [2.05, 4.69) is 37.2 Å². The van der Waals surface area contributed by atoms with E-state index in [1.54, 1.807) is 23.3 Å². The van der Waals surface area contributed by atoms with Crippen LogP contribution in [-0.4, -0.2) is 34.6 Å². The highest BCUT2D eigenvalue weighted by Gasteiger charge is 2.24. The molecular weight excluding hydrogens is 332 g/mol. The van der Waals surface area contributed by atoms with Crippen molar-refractivity contribution in [2.45, 2.75) is 19.0 Å². The average Bonchev–Trinajstić information content (AvgIpc) is 3.11. The number of carbonyl (C=O) groups excluding carboxylic acids is 1. The maximum absolute atomic E-state index is 12.0. The number of hydrogen-bond acceptors (Lipinski definition) is 3. The Bertz CT molecular complexity index is 614. The number of hydrogen-bond donors (Lipinski definition) is 1. The zero-order chi connectivity index (χ0) is 14.7. The number of rotatable bonds is 4. The standard InChI is InChI=1S/C15H17BrN4O/c16-13-3-1-2-4-14(13)20-7-5-12(9-20)18-15(21)10-19-8-6-17-11-19/h1-4,6,8,11-12H,5,7,9-10H2,(H,18,21)/t12-/m0/s1. The van der Waals surface area contributed by atoms with E-state index >= 15 is 0 Å². The van der Waals surface area contributed by atoms with E-state index in [1.165, 1.54) is 5.69 Å². The van der Waals surface area contributed by atoms with Gasteiger partial charge >= 0.3 is 0 Å². The molecule has 1 aromatic heterocycles. The molecule has 2 heterocycles. The predicted molar refractivity (Wildman–Crippen MR) is 85.1 cm³/mol. The third-order valence-corrected chi connectivity index (χ3v) is 4.30. The van der Waals surface area contributed by atoms with Gasteiger partial charge in [-0.25, -0.2) is 4.98 Å². The molecule has 1 saturated heterocycles. The van der Waals surface area contributed by atoms with Gasteiger partial charge in [-0.05, 0) is 34.5 Å². The maximum atomic E-state index is 12.0. The quantitative estimate of drug-likeness (QED) is 0.919. The summed E-state index contributed by atoms with van der Waals surface area (Å²) >= 11 is 3.58. The number of para-hydroxylation sites is 1. The summed E-state index contributed by atoms with van der Waals surface area (Å²) in [4.78, 5) is 18.2. The number of carbonyl (C=O) groups is 1. The highest BCUT2D eigenvalue weighted by Crippen LogP contribution is 2.28. The summed E-state index contributed by atoms with van der Waals surface area (Å²) < 4.78 is 2.87. The van der Waals surface area contributed by atoms with Crippen molar-refractivity contribution in [3.05, 3.63) is 47.5 Å². The highest BCUT2D eigenvalue weighted by atomic mass is 79.9. The molecule has 21 heavy (non-hydrogen) atoms. The summed E-state index contributed by atoms with van der Waals surface area (Å²) in [5, 5.41) is 3.09. The van der Waals surface area contributed by atoms with E-state index in [9.17, 15) is 4.79 Å². The zero-order valence-electron chi connectivity index (χ0n) is 11.6. The normalized spacial score (nSPS) is 18.0. The van der Waals surface area contributed by atoms with Crippen molar-refractivity contribution in [3.8, 4) is 0 Å². The molecule has 1 aliphatic heterocycles. The SMILES string of the molecule is O=C(Cn1ccnc1)N[C@H]1CCN(c2ccccc2Br)C1. The zero-order valence-corrected chi connectivity index (χ0v) is 13.2. The van der Waals surface area contributed by atoms with E-state index < -0.39 is 0 Å². The number of nitrogens with zero attached hydrogens (tertiary/aromatic N) is 3. The van der Waals surface area contributed by atoms with Crippen LogP contribution in [-0.2, 0) is 11.3 Å². The molecule has 2 aromatic rings. The van der Waals surface area contributed by atoms with Crippen molar-refractivity contribution in [1.82, 2.24) is 14.9 Å². The minimum Gasteiger partial charge on any atom is -0.368 e. The van der Waals surface area contributed by atoms with Gasteiger partial charge in [-0.1, -0.05) is 12.1 Å². The van der Waals surface area contributed by atoms with E-state index in [-0.39, 0.29) is 11.9 Å². The Morgan fingerprint density at radius 1 is 1.43 bits per heavy atom. The van der Waals surface area contributed by atoms with Crippen molar-refractivity contribution < 1.29 is 4.79 Å². The number of nitrogens with one attached hydrogen (secondary N) is 1. The molecule has 1 aromatic carbocycles.